The normalized spacial score (nSPS) is 71.6. The minimum atomic E-state index is -2.21. The molecule has 1 spiro atoms. The van der Waals surface area contributed by atoms with Crippen molar-refractivity contribution in [2.24, 2.45) is 22.7 Å². The summed E-state index contributed by atoms with van der Waals surface area (Å²) in [6.45, 7) is 8.55. The standard InChI is InChI=1S/C20H32O7/c1-10(2)15(22)9-17(24)13(4)8-18(25)14(15,5)20(17,26)19(27-18)12(21)11(3)6-7-16(13,19)23/h10-12,21-26H,6-9H2,1-5H3/t11?,12?,13-,14-,15-,16-,17+,18-,19+,20+/m0/s1. The Balaban J connectivity index is 1.94. The molecule has 6 rings (SSSR count). The Labute approximate surface area is 159 Å². The highest BCUT2D eigenvalue weighted by Gasteiger charge is 3.07. The summed E-state index contributed by atoms with van der Waals surface area (Å²) < 4.78 is 6.12. The molecule has 4 saturated carbocycles. The van der Waals surface area contributed by atoms with Gasteiger partial charge in [0.05, 0.1) is 17.1 Å². The molecule has 2 unspecified atom stereocenters. The van der Waals surface area contributed by atoms with E-state index in [-0.39, 0.29) is 25.2 Å². The van der Waals surface area contributed by atoms with Crippen LogP contribution in [0.25, 0.3) is 0 Å². The molecule has 2 heterocycles. The fourth-order valence-electron chi connectivity index (χ4n) is 8.64. The van der Waals surface area contributed by atoms with Crippen LogP contribution in [0.2, 0.25) is 0 Å². The van der Waals surface area contributed by atoms with Gasteiger partial charge in [-0.2, -0.15) is 0 Å². The molecule has 2 saturated heterocycles. The van der Waals surface area contributed by atoms with Gasteiger partial charge in [0.2, 0.25) is 0 Å². The van der Waals surface area contributed by atoms with Crippen LogP contribution in [-0.2, 0) is 4.74 Å². The van der Waals surface area contributed by atoms with E-state index in [0.29, 0.717) is 6.42 Å². The Morgan fingerprint density at radius 3 is 2.11 bits per heavy atom. The minimum absolute atomic E-state index is 0.121. The summed E-state index contributed by atoms with van der Waals surface area (Å²) in [4.78, 5) is 0. The lowest BCUT2D eigenvalue weighted by Crippen LogP contribution is -2.75. The molecule has 0 radical (unpaired) electrons. The largest absolute Gasteiger partial charge is 0.390 e. The average Bonchev–Trinajstić information content (AvgIpc) is 2.82. The lowest BCUT2D eigenvalue weighted by Gasteiger charge is -2.60. The third-order valence-corrected chi connectivity index (χ3v) is 10.3. The maximum atomic E-state index is 12.3. The van der Waals surface area contributed by atoms with Gasteiger partial charge in [0.15, 0.2) is 11.4 Å². The van der Waals surface area contributed by atoms with Gasteiger partial charge in [-0.15, -0.1) is 0 Å². The fraction of sp³-hybridized carbons (Fsp3) is 1.00. The summed E-state index contributed by atoms with van der Waals surface area (Å²) >= 11 is 0. The van der Waals surface area contributed by atoms with Crippen molar-refractivity contribution in [1.29, 1.82) is 0 Å². The number of aliphatic hydroxyl groups excluding tert-OH is 1. The van der Waals surface area contributed by atoms with Gasteiger partial charge in [-0.25, -0.2) is 0 Å². The summed E-state index contributed by atoms with van der Waals surface area (Å²) in [5.74, 6) is -2.69. The van der Waals surface area contributed by atoms with Crippen LogP contribution in [0, 0.1) is 22.7 Å². The molecule has 2 aliphatic heterocycles. The second-order valence-electron chi connectivity index (χ2n) is 10.9. The highest BCUT2D eigenvalue weighted by atomic mass is 16.7. The van der Waals surface area contributed by atoms with Crippen molar-refractivity contribution in [3.8, 4) is 0 Å². The average molecular weight is 384 g/mol. The maximum absolute atomic E-state index is 12.3. The molecule has 7 nitrogen and oxygen atoms in total. The third-order valence-electron chi connectivity index (χ3n) is 10.3. The minimum Gasteiger partial charge on any atom is -0.390 e. The molecular formula is C20H32O7. The number of aliphatic hydroxyl groups is 6. The van der Waals surface area contributed by atoms with Crippen LogP contribution in [0.5, 0.6) is 0 Å². The van der Waals surface area contributed by atoms with Crippen LogP contribution in [-0.4, -0.2) is 70.5 Å². The van der Waals surface area contributed by atoms with Crippen LogP contribution in [0.15, 0.2) is 0 Å². The molecule has 6 fully saturated rings. The van der Waals surface area contributed by atoms with Crippen molar-refractivity contribution in [2.75, 3.05) is 0 Å². The van der Waals surface area contributed by atoms with Crippen LogP contribution in [0.3, 0.4) is 0 Å². The van der Waals surface area contributed by atoms with Crippen LogP contribution in [0.4, 0.5) is 0 Å². The molecule has 6 aliphatic rings. The fourth-order valence-corrected chi connectivity index (χ4v) is 8.64. The van der Waals surface area contributed by atoms with E-state index in [0.717, 1.165) is 0 Å². The third kappa shape index (κ3) is 1.16. The van der Waals surface area contributed by atoms with E-state index in [1.165, 1.54) is 6.92 Å². The lowest BCUT2D eigenvalue weighted by molar-refractivity contribution is -0.390. The predicted octanol–water partition coefficient (Wildman–Crippen LogP) is -0.351. The second-order valence-corrected chi connectivity index (χ2v) is 10.9. The Bertz CT molecular complexity index is 759. The van der Waals surface area contributed by atoms with Gasteiger partial charge in [-0.05, 0) is 31.6 Å². The number of rotatable bonds is 1. The van der Waals surface area contributed by atoms with E-state index in [9.17, 15) is 30.6 Å². The second kappa shape index (κ2) is 4.13. The van der Waals surface area contributed by atoms with Crippen LogP contribution >= 0.6 is 0 Å². The molecular weight excluding hydrogens is 352 g/mol. The molecule has 0 aromatic heterocycles. The van der Waals surface area contributed by atoms with Crippen LogP contribution < -0.4 is 0 Å². The summed E-state index contributed by atoms with van der Waals surface area (Å²) in [7, 11) is 0. The first-order valence-electron chi connectivity index (χ1n) is 10.1. The molecule has 7 heteroatoms. The molecule has 4 aliphatic carbocycles. The monoisotopic (exact) mass is 384 g/mol. The van der Waals surface area contributed by atoms with Gasteiger partial charge in [-0.3, -0.25) is 0 Å². The highest BCUT2D eigenvalue weighted by Crippen LogP contribution is 2.90. The van der Waals surface area contributed by atoms with E-state index in [1.807, 2.05) is 0 Å². The summed E-state index contributed by atoms with van der Waals surface area (Å²) in [6.07, 6.45) is -0.869. The maximum Gasteiger partial charge on any atom is 0.178 e. The smallest absolute Gasteiger partial charge is 0.178 e. The van der Waals surface area contributed by atoms with Crippen molar-refractivity contribution in [2.45, 2.75) is 100 Å². The zero-order valence-corrected chi connectivity index (χ0v) is 16.7. The molecule has 6 bridgehead atoms. The number of ether oxygens (including phenoxy) is 1. The van der Waals surface area contributed by atoms with E-state index >= 15 is 0 Å². The van der Waals surface area contributed by atoms with Gasteiger partial charge in [-0.1, -0.05) is 27.7 Å². The Hall–Kier alpha value is -0.280. The van der Waals surface area contributed by atoms with E-state index in [4.69, 9.17) is 4.74 Å². The zero-order chi connectivity index (χ0) is 20.3. The molecule has 154 valence electrons. The van der Waals surface area contributed by atoms with E-state index < -0.39 is 56.6 Å². The Kier molecular flexibility index (Phi) is 2.86. The first kappa shape index (κ1) is 18.7. The molecule has 0 amide bonds. The highest BCUT2D eigenvalue weighted by molar-refractivity contribution is 5.54. The number of hydrogen-bond acceptors (Lipinski definition) is 7. The SMILES string of the molecule is CC1CC[C@]2(O)[C@]3(C)C[C@]4(O)O[C@@]2(C1O)[C@]1(O)[C@@]3(O)C[C@](O)(C(C)C)[C@]14C. The lowest BCUT2D eigenvalue weighted by atomic mass is 9.52. The van der Waals surface area contributed by atoms with Gasteiger partial charge < -0.3 is 35.4 Å². The Morgan fingerprint density at radius 2 is 1.56 bits per heavy atom. The summed E-state index contributed by atoms with van der Waals surface area (Å²) in [6, 6.07) is 0. The Morgan fingerprint density at radius 1 is 0.963 bits per heavy atom. The van der Waals surface area contributed by atoms with Gasteiger partial charge >= 0.3 is 0 Å². The first-order valence-corrected chi connectivity index (χ1v) is 10.1. The topological polar surface area (TPSA) is 131 Å². The van der Waals surface area contributed by atoms with Gasteiger partial charge in [0.1, 0.15) is 16.8 Å². The quantitative estimate of drug-likeness (QED) is 0.364. The van der Waals surface area contributed by atoms with Crippen molar-refractivity contribution in [3.05, 3.63) is 0 Å². The zero-order valence-electron chi connectivity index (χ0n) is 16.7. The van der Waals surface area contributed by atoms with Crippen molar-refractivity contribution in [3.63, 3.8) is 0 Å². The van der Waals surface area contributed by atoms with Crippen molar-refractivity contribution >= 4 is 0 Å². The van der Waals surface area contributed by atoms with Crippen LogP contribution in [0.1, 0.15) is 60.3 Å². The predicted molar refractivity (Wildman–Crippen MR) is 93.3 cm³/mol. The van der Waals surface area contributed by atoms with E-state index in [1.54, 1.807) is 27.7 Å². The van der Waals surface area contributed by atoms with Crippen molar-refractivity contribution in [1.82, 2.24) is 0 Å². The number of hydrogen-bond donors (Lipinski definition) is 6. The van der Waals surface area contributed by atoms with Crippen molar-refractivity contribution < 1.29 is 35.4 Å². The summed E-state index contributed by atoms with van der Waals surface area (Å²) in [5, 5.41) is 70.9. The molecule has 27 heavy (non-hydrogen) atoms. The molecule has 0 aromatic rings. The van der Waals surface area contributed by atoms with E-state index in [2.05, 4.69) is 0 Å². The van der Waals surface area contributed by atoms with Gasteiger partial charge in [0, 0.05) is 18.3 Å². The molecule has 10 atom stereocenters. The molecule has 0 aromatic carbocycles. The molecule has 6 N–H and O–H groups in total. The first-order chi connectivity index (χ1) is 12.1. The summed E-state index contributed by atoms with van der Waals surface area (Å²) in [5.41, 5.74) is -12.5. The van der Waals surface area contributed by atoms with Gasteiger partial charge in [0.25, 0.3) is 0 Å².